The lowest BCUT2D eigenvalue weighted by atomic mass is 9.98. The van der Waals surface area contributed by atoms with Crippen LogP contribution in [0.2, 0.25) is 0 Å². The molecule has 1 saturated heterocycles. The minimum Gasteiger partial charge on any atom is -0.390 e. The van der Waals surface area contributed by atoms with E-state index in [0.717, 1.165) is 0 Å². The van der Waals surface area contributed by atoms with Gasteiger partial charge in [0.2, 0.25) is 0 Å². The first-order chi connectivity index (χ1) is 9.26. The van der Waals surface area contributed by atoms with Crippen LogP contribution in [0.4, 0.5) is 0 Å². The Morgan fingerprint density at radius 1 is 1.40 bits per heavy atom. The molecular formula is C13H23N3O3S. The van der Waals surface area contributed by atoms with E-state index in [9.17, 15) is 13.5 Å². The van der Waals surface area contributed by atoms with Crippen molar-refractivity contribution >= 4 is 10.0 Å². The molecule has 6 nitrogen and oxygen atoms in total. The van der Waals surface area contributed by atoms with Gasteiger partial charge in [0.25, 0.3) is 10.0 Å². The summed E-state index contributed by atoms with van der Waals surface area (Å²) >= 11 is 0. The zero-order chi connectivity index (χ0) is 15.0. The fraction of sp³-hybridized carbons (Fsp3) is 0.769. The molecule has 2 heterocycles. The summed E-state index contributed by atoms with van der Waals surface area (Å²) in [5.41, 5.74) is -0.775. The lowest BCUT2D eigenvalue weighted by Gasteiger charge is -2.21. The molecule has 1 aliphatic heterocycles. The molecule has 114 valence electrons. The molecule has 0 amide bonds. The summed E-state index contributed by atoms with van der Waals surface area (Å²) < 4.78 is 28.5. The topological polar surface area (TPSA) is 75.4 Å². The third kappa shape index (κ3) is 3.05. The number of aromatic nitrogens is 2. The second-order valence-corrected chi connectivity index (χ2v) is 7.55. The van der Waals surface area contributed by atoms with Gasteiger partial charge in [-0.2, -0.15) is 4.31 Å². The van der Waals surface area contributed by atoms with Crippen molar-refractivity contribution < 1.29 is 13.5 Å². The summed E-state index contributed by atoms with van der Waals surface area (Å²) in [6.45, 7) is 7.00. The summed E-state index contributed by atoms with van der Waals surface area (Å²) in [7, 11) is -3.56. The van der Waals surface area contributed by atoms with E-state index in [-0.39, 0.29) is 5.03 Å². The maximum Gasteiger partial charge on any atom is 0.262 e. The van der Waals surface area contributed by atoms with Crippen molar-refractivity contribution in [2.24, 2.45) is 0 Å². The molecule has 1 aromatic rings. The lowest BCUT2D eigenvalue weighted by Crippen LogP contribution is -2.33. The van der Waals surface area contributed by atoms with Gasteiger partial charge in [0.15, 0.2) is 5.03 Å². The van der Waals surface area contributed by atoms with Gasteiger partial charge in [-0.3, -0.25) is 0 Å². The van der Waals surface area contributed by atoms with E-state index >= 15 is 0 Å². The Labute approximate surface area is 120 Å². The van der Waals surface area contributed by atoms with Gasteiger partial charge in [0.05, 0.1) is 5.60 Å². The van der Waals surface area contributed by atoms with Gasteiger partial charge in [-0.05, 0) is 40.0 Å². The average Bonchev–Trinajstić information content (AvgIpc) is 2.64. The van der Waals surface area contributed by atoms with E-state index in [1.54, 1.807) is 20.0 Å². The van der Waals surface area contributed by atoms with Crippen molar-refractivity contribution in [1.29, 1.82) is 0 Å². The second-order valence-electron chi connectivity index (χ2n) is 5.67. The highest BCUT2D eigenvalue weighted by molar-refractivity contribution is 7.89. The maximum absolute atomic E-state index is 12.6. The average molecular weight is 301 g/mol. The summed E-state index contributed by atoms with van der Waals surface area (Å²) in [6.07, 6.45) is 3.34. The molecule has 7 heteroatoms. The van der Waals surface area contributed by atoms with Crippen LogP contribution in [0.1, 0.15) is 38.9 Å². The van der Waals surface area contributed by atoms with E-state index in [1.165, 1.54) is 4.31 Å². The minimum atomic E-state index is -3.56. The zero-order valence-corrected chi connectivity index (χ0v) is 13.2. The van der Waals surface area contributed by atoms with Gasteiger partial charge in [-0.1, -0.05) is 0 Å². The highest BCUT2D eigenvalue weighted by Crippen LogP contribution is 2.25. The number of nitrogens with zero attached hydrogens (tertiary/aromatic N) is 3. The molecular weight excluding hydrogens is 278 g/mol. The van der Waals surface area contributed by atoms with E-state index in [2.05, 4.69) is 4.98 Å². The first-order valence-corrected chi connectivity index (χ1v) is 8.46. The van der Waals surface area contributed by atoms with Crippen LogP contribution in [-0.4, -0.2) is 46.1 Å². The minimum absolute atomic E-state index is 0.110. The Hall–Kier alpha value is -0.920. The van der Waals surface area contributed by atoms with Crippen LogP contribution >= 0.6 is 0 Å². The predicted octanol–water partition coefficient (Wildman–Crippen LogP) is 1.14. The van der Waals surface area contributed by atoms with Crippen LogP contribution in [0.15, 0.2) is 11.2 Å². The van der Waals surface area contributed by atoms with Gasteiger partial charge in [0.1, 0.15) is 5.82 Å². The third-order valence-corrected chi connectivity index (χ3v) is 5.69. The Balaban J connectivity index is 2.25. The Bertz CT molecular complexity index is 578. The predicted molar refractivity (Wildman–Crippen MR) is 75.9 cm³/mol. The SMILES string of the molecule is CCn1cc(S(=O)(=O)N2CCCC(C)(O)CC2)nc1C. The smallest absolute Gasteiger partial charge is 0.262 e. The Kier molecular flexibility index (Phi) is 4.22. The maximum atomic E-state index is 12.6. The number of sulfonamides is 1. The van der Waals surface area contributed by atoms with Gasteiger partial charge in [-0.15, -0.1) is 0 Å². The van der Waals surface area contributed by atoms with Crippen molar-refractivity contribution in [3.63, 3.8) is 0 Å². The Morgan fingerprint density at radius 2 is 2.10 bits per heavy atom. The molecule has 1 aromatic heterocycles. The van der Waals surface area contributed by atoms with Gasteiger partial charge >= 0.3 is 0 Å². The van der Waals surface area contributed by atoms with Crippen molar-refractivity contribution in [3.05, 3.63) is 12.0 Å². The molecule has 0 spiro atoms. The lowest BCUT2D eigenvalue weighted by molar-refractivity contribution is 0.0465. The van der Waals surface area contributed by atoms with E-state index in [0.29, 0.717) is 44.7 Å². The largest absolute Gasteiger partial charge is 0.390 e. The van der Waals surface area contributed by atoms with Crippen LogP contribution in [0.3, 0.4) is 0 Å². The molecule has 1 fully saturated rings. The van der Waals surface area contributed by atoms with Crippen molar-refractivity contribution in [2.45, 2.75) is 57.2 Å². The standard InChI is InChI=1S/C13H23N3O3S/c1-4-15-10-12(14-11(15)2)20(18,19)16-8-5-6-13(3,17)7-9-16/h10,17H,4-9H2,1-3H3. The van der Waals surface area contributed by atoms with E-state index < -0.39 is 15.6 Å². The summed E-state index contributed by atoms with van der Waals surface area (Å²) in [5, 5.41) is 10.2. The van der Waals surface area contributed by atoms with Crippen molar-refractivity contribution in [3.8, 4) is 0 Å². The van der Waals surface area contributed by atoms with Gasteiger partial charge < -0.3 is 9.67 Å². The van der Waals surface area contributed by atoms with Crippen LogP contribution in [0.5, 0.6) is 0 Å². The highest BCUT2D eigenvalue weighted by atomic mass is 32.2. The third-order valence-electron chi connectivity index (χ3n) is 3.92. The molecule has 0 aliphatic carbocycles. The monoisotopic (exact) mass is 301 g/mol. The second kappa shape index (κ2) is 5.46. The summed E-state index contributed by atoms with van der Waals surface area (Å²) in [5.74, 6) is 0.702. The van der Waals surface area contributed by atoms with Crippen molar-refractivity contribution in [2.75, 3.05) is 13.1 Å². The van der Waals surface area contributed by atoms with Crippen molar-refractivity contribution in [1.82, 2.24) is 13.9 Å². The normalized spacial score (nSPS) is 25.6. The van der Waals surface area contributed by atoms with Crippen LogP contribution in [0.25, 0.3) is 0 Å². The van der Waals surface area contributed by atoms with Gasteiger partial charge in [-0.25, -0.2) is 13.4 Å². The summed E-state index contributed by atoms with van der Waals surface area (Å²) in [4.78, 5) is 4.17. The van der Waals surface area contributed by atoms with E-state index in [1.807, 2.05) is 11.5 Å². The van der Waals surface area contributed by atoms with Gasteiger partial charge in [0, 0.05) is 25.8 Å². The fourth-order valence-corrected chi connectivity index (χ4v) is 4.01. The zero-order valence-electron chi connectivity index (χ0n) is 12.3. The quantitative estimate of drug-likeness (QED) is 0.908. The number of hydrogen-bond donors (Lipinski definition) is 1. The number of rotatable bonds is 3. The number of aliphatic hydroxyl groups is 1. The molecule has 0 radical (unpaired) electrons. The molecule has 1 atom stereocenters. The highest BCUT2D eigenvalue weighted by Gasteiger charge is 2.32. The first-order valence-electron chi connectivity index (χ1n) is 7.02. The molecule has 20 heavy (non-hydrogen) atoms. The fourth-order valence-electron chi connectivity index (χ4n) is 2.53. The molecule has 1 unspecified atom stereocenters. The van der Waals surface area contributed by atoms with Crippen LogP contribution < -0.4 is 0 Å². The van der Waals surface area contributed by atoms with E-state index in [4.69, 9.17) is 0 Å². The van der Waals surface area contributed by atoms with Crippen LogP contribution in [0, 0.1) is 6.92 Å². The molecule has 2 rings (SSSR count). The summed E-state index contributed by atoms with van der Waals surface area (Å²) in [6, 6.07) is 0. The molecule has 0 saturated carbocycles. The Morgan fingerprint density at radius 3 is 2.70 bits per heavy atom. The molecule has 0 aromatic carbocycles. The molecule has 0 bridgehead atoms. The number of aryl methyl sites for hydroxylation is 2. The molecule has 1 N–H and O–H groups in total. The van der Waals surface area contributed by atoms with Crippen LogP contribution in [-0.2, 0) is 16.6 Å². The number of hydrogen-bond acceptors (Lipinski definition) is 4. The first kappa shape index (κ1) is 15.5. The molecule has 1 aliphatic rings. The number of imidazole rings is 1.